The summed E-state index contributed by atoms with van der Waals surface area (Å²) in [6.07, 6.45) is 3.97. The lowest BCUT2D eigenvalue weighted by molar-refractivity contribution is -0.384. The molecule has 0 aromatic heterocycles. The summed E-state index contributed by atoms with van der Waals surface area (Å²) in [5, 5.41) is 34.7. The first kappa shape index (κ1) is 22.9. The lowest BCUT2D eigenvalue weighted by atomic mass is 10.2. The molecule has 1 saturated heterocycles. The van der Waals surface area contributed by atoms with Crippen LogP contribution in [0.5, 0.6) is 0 Å². The fraction of sp³-hybridized carbons (Fsp3) is 0.562. The third kappa shape index (κ3) is 13.0. The predicted octanol–water partition coefficient (Wildman–Crippen LogP) is 1.51. The van der Waals surface area contributed by atoms with Gasteiger partial charge in [0.15, 0.2) is 5.79 Å². The Hall–Kier alpha value is -2.07. The van der Waals surface area contributed by atoms with Crippen LogP contribution in [0, 0.1) is 10.1 Å². The number of aliphatic hydroxyl groups is 2. The third-order valence-electron chi connectivity index (χ3n) is 2.84. The van der Waals surface area contributed by atoms with Crippen LogP contribution < -0.4 is 5.73 Å². The average Bonchev–Trinajstić information content (AvgIpc) is 3.00. The molecule has 0 spiro atoms. The molecule has 1 aromatic carbocycles. The fourth-order valence-corrected chi connectivity index (χ4v) is 1.78. The summed E-state index contributed by atoms with van der Waals surface area (Å²) in [5.74, 6) is -2.59. The third-order valence-corrected chi connectivity index (χ3v) is 2.84. The zero-order chi connectivity index (χ0) is 19.5. The molecule has 1 atom stereocenters. The van der Waals surface area contributed by atoms with E-state index < -0.39 is 16.7 Å². The van der Waals surface area contributed by atoms with Gasteiger partial charge >= 0.3 is 5.97 Å². The molecule has 1 aliphatic rings. The largest absolute Gasteiger partial charge is 0.478 e. The quantitative estimate of drug-likeness (QED) is 0.358. The number of ether oxygens (including phenoxy) is 1. The predicted molar refractivity (Wildman–Crippen MR) is 91.2 cm³/mol. The standard InChI is InChI=1S/C7H5NO4.C6H13NO.C3H8O2/c9-7(10)5-1-3-6(4-2-5)8(11)12;7-4-3-6-2-1-5-8-6;1-3(2,4)5/h1-4H,(H,9,10);6H,1-5,7H2;4-5H,1-2H3. The van der Waals surface area contributed by atoms with Gasteiger partial charge in [-0.2, -0.15) is 0 Å². The summed E-state index contributed by atoms with van der Waals surface area (Å²) in [6.45, 7) is 4.31. The van der Waals surface area contributed by atoms with Crippen molar-refractivity contribution < 1.29 is 29.8 Å². The van der Waals surface area contributed by atoms with Crippen molar-refractivity contribution in [2.75, 3.05) is 13.2 Å². The highest BCUT2D eigenvalue weighted by atomic mass is 16.6. The van der Waals surface area contributed by atoms with Gasteiger partial charge in [0.2, 0.25) is 0 Å². The molecule has 1 unspecified atom stereocenters. The number of hydrogen-bond donors (Lipinski definition) is 4. The van der Waals surface area contributed by atoms with Gasteiger partial charge in [-0.25, -0.2) is 4.79 Å². The molecule has 9 nitrogen and oxygen atoms in total. The molecular formula is C16H26N2O7. The highest BCUT2D eigenvalue weighted by molar-refractivity contribution is 5.87. The lowest BCUT2D eigenvalue weighted by Crippen LogP contribution is -2.15. The van der Waals surface area contributed by atoms with Crippen LogP contribution in [0.3, 0.4) is 0 Å². The van der Waals surface area contributed by atoms with Crippen LogP contribution in [-0.4, -0.2) is 51.3 Å². The van der Waals surface area contributed by atoms with E-state index in [0.29, 0.717) is 6.10 Å². The maximum atomic E-state index is 10.3. The Morgan fingerprint density at radius 3 is 2.20 bits per heavy atom. The monoisotopic (exact) mass is 358 g/mol. The second-order valence-corrected chi connectivity index (χ2v) is 5.82. The van der Waals surface area contributed by atoms with Crippen LogP contribution in [0.15, 0.2) is 24.3 Å². The number of nitrogens with two attached hydrogens (primary N) is 1. The van der Waals surface area contributed by atoms with E-state index in [1.807, 2.05) is 0 Å². The Balaban J connectivity index is 0.000000382. The first-order chi connectivity index (χ1) is 11.5. The van der Waals surface area contributed by atoms with E-state index in [1.54, 1.807) is 0 Å². The van der Waals surface area contributed by atoms with Crippen molar-refractivity contribution in [2.24, 2.45) is 5.73 Å². The van der Waals surface area contributed by atoms with Crippen molar-refractivity contribution in [1.29, 1.82) is 0 Å². The molecule has 25 heavy (non-hydrogen) atoms. The number of aromatic carboxylic acids is 1. The number of benzene rings is 1. The Kier molecular flexibility index (Phi) is 10.5. The van der Waals surface area contributed by atoms with Crippen molar-refractivity contribution in [3.05, 3.63) is 39.9 Å². The molecule has 0 aliphatic carbocycles. The molecule has 1 aromatic rings. The minimum atomic E-state index is -1.50. The van der Waals surface area contributed by atoms with Crippen molar-refractivity contribution in [3.8, 4) is 0 Å². The van der Waals surface area contributed by atoms with Crippen LogP contribution in [0.4, 0.5) is 5.69 Å². The maximum Gasteiger partial charge on any atom is 0.335 e. The van der Waals surface area contributed by atoms with Crippen molar-refractivity contribution in [3.63, 3.8) is 0 Å². The number of carboxylic acids is 1. The molecule has 1 fully saturated rings. The van der Waals surface area contributed by atoms with Gasteiger partial charge in [0.1, 0.15) is 0 Å². The minimum Gasteiger partial charge on any atom is -0.478 e. The molecule has 0 amide bonds. The van der Waals surface area contributed by atoms with E-state index in [0.717, 1.165) is 31.7 Å². The Morgan fingerprint density at radius 2 is 1.88 bits per heavy atom. The Labute approximate surface area is 146 Å². The zero-order valence-electron chi connectivity index (χ0n) is 14.4. The molecular weight excluding hydrogens is 332 g/mol. The minimum absolute atomic E-state index is 0.0422. The van der Waals surface area contributed by atoms with Crippen molar-refractivity contribution in [2.45, 2.75) is 45.0 Å². The molecule has 0 bridgehead atoms. The van der Waals surface area contributed by atoms with Crippen molar-refractivity contribution in [1.82, 2.24) is 0 Å². The van der Waals surface area contributed by atoms with Gasteiger partial charge in [-0.05, 0) is 51.8 Å². The molecule has 1 aliphatic heterocycles. The SMILES string of the molecule is CC(C)(O)O.NCCC1CCCO1.O=C(O)c1ccc([N+](=O)[O-])cc1. The number of nitro groups is 1. The number of hydrogen-bond acceptors (Lipinski definition) is 7. The van der Waals surface area contributed by atoms with E-state index in [-0.39, 0.29) is 11.3 Å². The van der Waals surface area contributed by atoms with E-state index in [9.17, 15) is 14.9 Å². The average molecular weight is 358 g/mol. The fourth-order valence-electron chi connectivity index (χ4n) is 1.78. The van der Waals surface area contributed by atoms with E-state index in [2.05, 4.69) is 0 Å². The summed E-state index contributed by atoms with van der Waals surface area (Å²) < 4.78 is 5.31. The van der Waals surface area contributed by atoms with Gasteiger partial charge in [-0.3, -0.25) is 10.1 Å². The van der Waals surface area contributed by atoms with E-state index in [4.69, 9.17) is 25.8 Å². The lowest BCUT2D eigenvalue weighted by Gasteiger charge is -2.04. The van der Waals surface area contributed by atoms with Gasteiger partial charge in [-0.15, -0.1) is 0 Å². The first-order valence-electron chi connectivity index (χ1n) is 7.78. The molecule has 1 heterocycles. The topological polar surface area (TPSA) is 156 Å². The van der Waals surface area contributed by atoms with Crippen LogP contribution in [-0.2, 0) is 4.74 Å². The summed E-state index contributed by atoms with van der Waals surface area (Å²) in [7, 11) is 0. The summed E-state index contributed by atoms with van der Waals surface area (Å²) in [6, 6.07) is 4.70. The smallest absolute Gasteiger partial charge is 0.335 e. The molecule has 0 radical (unpaired) electrons. The van der Waals surface area contributed by atoms with Gasteiger partial charge in [0, 0.05) is 18.7 Å². The number of rotatable bonds is 4. The van der Waals surface area contributed by atoms with Crippen molar-refractivity contribution >= 4 is 11.7 Å². The van der Waals surface area contributed by atoms with Gasteiger partial charge < -0.3 is 25.8 Å². The summed E-state index contributed by atoms with van der Waals surface area (Å²) >= 11 is 0. The van der Waals surface area contributed by atoms with Gasteiger partial charge in [-0.1, -0.05) is 0 Å². The van der Waals surface area contributed by atoms with E-state index in [1.165, 1.54) is 38.8 Å². The molecule has 9 heteroatoms. The highest BCUT2D eigenvalue weighted by Crippen LogP contribution is 2.13. The van der Waals surface area contributed by atoms with Crippen LogP contribution in [0.1, 0.15) is 43.5 Å². The number of carbonyl (C=O) groups is 1. The molecule has 0 saturated carbocycles. The summed E-state index contributed by atoms with van der Waals surface area (Å²) in [4.78, 5) is 19.9. The number of non-ortho nitro benzene ring substituents is 1. The van der Waals surface area contributed by atoms with Crippen LogP contribution >= 0.6 is 0 Å². The Morgan fingerprint density at radius 1 is 1.36 bits per heavy atom. The number of nitrogens with zero attached hydrogens (tertiary/aromatic N) is 1. The van der Waals surface area contributed by atoms with E-state index >= 15 is 0 Å². The molecule has 5 N–H and O–H groups in total. The maximum absolute atomic E-state index is 10.3. The zero-order valence-corrected chi connectivity index (χ0v) is 14.4. The second kappa shape index (κ2) is 11.5. The summed E-state index contributed by atoms with van der Waals surface area (Å²) in [5.41, 5.74) is 5.26. The highest BCUT2D eigenvalue weighted by Gasteiger charge is 2.13. The van der Waals surface area contributed by atoms with Gasteiger partial charge in [0.05, 0.1) is 16.6 Å². The normalized spacial score (nSPS) is 16.1. The molecule has 2 rings (SSSR count). The van der Waals surface area contributed by atoms with Crippen LogP contribution in [0.25, 0.3) is 0 Å². The van der Waals surface area contributed by atoms with Gasteiger partial charge in [0.25, 0.3) is 5.69 Å². The first-order valence-corrected chi connectivity index (χ1v) is 7.78. The second-order valence-electron chi connectivity index (χ2n) is 5.82. The molecule has 142 valence electrons. The van der Waals surface area contributed by atoms with Crippen LogP contribution in [0.2, 0.25) is 0 Å². The number of nitro benzene ring substituents is 1. The number of carboxylic acid groups (broad SMARTS) is 1. The Bertz CT molecular complexity index is 481.